The van der Waals surface area contributed by atoms with Crippen LogP contribution < -0.4 is 22.3 Å². The van der Waals surface area contributed by atoms with Crippen LogP contribution in [-0.4, -0.2) is 27.5 Å². The molecule has 0 unspecified atom stereocenters. The molecular formula is C18H18N4O5. The van der Waals surface area contributed by atoms with E-state index in [1.54, 1.807) is 24.3 Å². The minimum Gasteiger partial charge on any atom is -0.456 e. The van der Waals surface area contributed by atoms with Gasteiger partial charge in [-0.2, -0.15) is 0 Å². The van der Waals surface area contributed by atoms with Crippen molar-refractivity contribution in [2.75, 3.05) is 17.7 Å². The van der Waals surface area contributed by atoms with Crippen molar-refractivity contribution >= 4 is 23.3 Å². The first kappa shape index (κ1) is 18.2. The van der Waals surface area contributed by atoms with Gasteiger partial charge in [0, 0.05) is 19.7 Å². The Kier molecular flexibility index (Phi) is 4.44. The summed E-state index contributed by atoms with van der Waals surface area (Å²) in [7, 11) is 2.68. The lowest BCUT2D eigenvalue weighted by Crippen LogP contribution is -2.39. The maximum atomic E-state index is 12.8. The number of anilines is 2. The van der Waals surface area contributed by atoms with Crippen LogP contribution in [0.2, 0.25) is 0 Å². The molecule has 3 rings (SSSR count). The van der Waals surface area contributed by atoms with Gasteiger partial charge in [0.05, 0.1) is 5.57 Å². The van der Waals surface area contributed by atoms with Crippen molar-refractivity contribution in [3.63, 3.8) is 0 Å². The lowest BCUT2D eigenvalue weighted by atomic mass is 10.0. The molecule has 2 heterocycles. The highest BCUT2D eigenvalue weighted by Gasteiger charge is 2.31. The Morgan fingerprint density at radius 2 is 1.74 bits per heavy atom. The number of carbonyl (C=O) groups is 2. The smallest absolute Gasteiger partial charge is 0.355 e. The van der Waals surface area contributed by atoms with E-state index in [4.69, 9.17) is 10.5 Å². The quantitative estimate of drug-likeness (QED) is 0.577. The number of nitrogens with two attached hydrogens (primary N) is 1. The number of carbonyl (C=O) groups excluding carboxylic acids is 2. The molecule has 9 nitrogen and oxygen atoms in total. The van der Waals surface area contributed by atoms with Crippen molar-refractivity contribution in [2.24, 2.45) is 14.1 Å². The molecule has 1 aromatic heterocycles. The Bertz CT molecular complexity index is 1110. The first-order valence-corrected chi connectivity index (χ1v) is 8.06. The number of ketones is 1. The summed E-state index contributed by atoms with van der Waals surface area (Å²) in [4.78, 5) is 49.2. The van der Waals surface area contributed by atoms with Crippen molar-refractivity contribution in [3.8, 4) is 0 Å². The second kappa shape index (κ2) is 6.60. The molecule has 0 amide bonds. The molecule has 27 heavy (non-hydrogen) atoms. The van der Waals surface area contributed by atoms with Crippen LogP contribution in [0.1, 0.15) is 15.9 Å². The van der Waals surface area contributed by atoms with Gasteiger partial charge in [-0.05, 0) is 6.92 Å². The van der Waals surface area contributed by atoms with Crippen molar-refractivity contribution in [2.45, 2.75) is 6.92 Å². The maximum Gasteiger partial charge on any atom is 0.355 e. The Morgan fingerprint density at radius 3 is 2.37 bits per heavy atom. The van der Waals surface area contributed by atoms with Gasteiger partial charge >= 0.3 is 11.7 Å². The van der Waals surface area contributed by atoms with Crippen LogP contribution >= 0.6 is 0 Å². The minimum absolute atomic E-state index is 0.0826. The zero-order valence-electron chi connectivity index (χ0n) is 15.0. The number of aromatic nitrogens is 2. The summed E-state index contributed by atoms with van der Waals surface area (Å²) < 4.78 is 6.88. The fourth-order valence-electron chi connectivity index (χ4n) is 2.69. The summed E-state index contributed by atoms with van der Waals surface area (Å²) in [6.45, 7) is 1.67. The highest BCUT2D eigenvalue weighted by molar-refractivity contribution is 6.15. The van der Waals surface area contributed by atoms with Crippen molar-refractivity contribution in [1.82, 2.24) is 9.13 Å². The van der Waals surface area contributed by atoms with Crippen LogP contribution in [0.15, 0.2) is 45.1 Å². The summed E-state index contributed by atoms with van der Waals surface area (Å²) in [5.41, 5.74) is 5.64. The summed E-state index contributed by atoms with van der Waals surface area (Å²) in [5, 5.41) is 2.61. The molecule has 140 valence electrons. The third-order valence-electron chi connectivity index (χ3n) is 4.40. The standard InChI is InChI=1S/C18H18N4O5/c1-9-4-6-10(7-5-9)14(23)11-8-27-17(25)12(11)20-13-15(19)21(2)18(26)22(3)16(13)24/h4-7,20H,8,19H2,1-3H3. The summed E-state index contributed by atoms with van der Waals surface area (Å²) in [6.07, 6.45) is 0. The SMILES string of the molecule is Cc1ccc(C(=O)C2=C(Nc3c(N)n(C)c(=O)n(C)c3=O)C(=O)OC2)cc1. The average Bonchev–Trinajstić information content (AvgIpc) is 3.02. The van der Waals surface area contributed by atoms with Crippen LogP contribution in [-0.2, 0) is 23.6 Å². The van der Waals surface area contributed by atoms with Gasteiger partial charge in [-0.3, -0.25) is 18.7 Å². The van der Waals surface area contributed by atoms with Crippen LogP contribution in [0.25, 0.3) is 0 Å². The maximum absolute atomic E-state index is 12.8. The molecule has 0 bridgehead atoms. The highest BCUT2D eigenvalue weighted by Crippen LogP contribution is 2.23. The number of aryl methyl sites for hydroxylation is 1. The van der Waals surface area contributed by atoms with E-state index < -0.39 is 23.0 Å². The van der Waals surface area contributed by atoms with Crippen LogP contribution in [0.5, 0.6) is 0 Å². The third kappa shape index (κ3) is 3.03. The molecule has 0 fully saturated rings. The molecule has 9 heteroatoms. The van der Waals surface area contributed by atoms with E-state index >= 15 is 0 Å². The van der Waals surface area contributed by atoms with Gasteiger partial charge in [0.1, 0.15) is 23.8 Å². The predicted octanol–water partition coefficient (Wildman–Crippen LogP) is 0.0803. The number of esters is 1. The van der Waals surface area contributed by atoms with E-state index in [2.05, 4.69) is 5.32 Å². The number of Topliss-reactive ketones (excluding diaryl/α,β-unsaturated/α-hetero) is 1. The molecule has 2 aromatic rings. The lowest BCUT2D eigenvalue weighted by Gasteiger charge is -2.13. The average molecular weight is 370 g/mol. The molecular weight excluding hydrogens is 352 g/mol. The minimum atomic E-state index is -0.777. The topological polar surface area (TPSA) is 125 Å². The molecule has 0 aliphatic carbocycles. The van der Waals surface area contributed by atoms with Gasteiger partial charge in [0.25, 0.3) is 5.56 Å². The number of hydrogen-bond donors (Lipinski definition) is 2. The number of ether oxygens (including phenoxy) is 1. The second-order valence-electron chi connectivity index (χ2n) is 6.22. The van der Waals surface area contributed by atoms with E-state index in [1.165, 1.54) is 14.1 Å². The van der Waals surface area contributed by atoms with E-state index in [0.29, 0.717) is 5.56 Å². The first-order valence-electron chi connectivity index (χ1n) is 8.06. The van der Waals surface area contributed by atoms with Gasteiger partial charge in [-0.25, -0.2) is 9.59 Å². The lowest BCUT2D eigenvalue weighted by molar-refractivity contribution is -0.135. The number of nitrogens with one attached hydrogen (secondary N) is 1. The van der Waals surface area contributed by atoms with E-state index in [1.807, 2.05) is 6.92 Å². The van der Waals surface area contributed by atoms with Gasteiger partial charge in [-0.15, -0.1) is 0 Å². The third-order valence-corrected chi connectivity index (χ3v) is 4.40. The number of hydrogen-bond acceptors (Lipinski definition) is 7. The Morgan fingerprint density at radius 1 is 1.11 bits per heavy atom. The van der Waals surface area contributed by atoms with Crippen molar-refractivity contribution < 1.29 is 14.3 Å². The van der Waals surface area contributed by atoms with Gasteiger partial charge < -0.3 is 15.8 Å². The molecule has 0 saturated heterocycles. The second-order valence-corrected chi connectivity index (χ2v) is 6.22. The van der Waals surface area contributed by atoms with E-state index in [9.17, 15) is 19.2 Å². The monoisotopic (exact) mass is 370 g/mol. The van der Waals surface area contributed by atoms with Crippen molar-refractivity contribution in [1.29, 1.82) is 0 Å². The van der Waals surface area contributed by atoms with Crippen LogP contribution in [0, 0.1) is 6.92 Å². The largest absolute Gasteiger partial charge is 0.456 e. The molecule has 0 spiro atoms. The van der Waals surface area contributed by atoms with Crippen molar-refractivity contribution in [3.05, 3.63) is 67.5 Å². The fourth-order valence-corrected chi connectivity index (χ4v) is 2.69. The number of rotatable bonds is 4. The summed E-state index contributed by atoms with van der Waals surface area (Å²) in [5.74, 6) is -1.33. The summed E-state index contributed by atoms with van der Waals surface area (Å²) in [6, 6.07) is 6.84. The number of nitrogen functional groups attached to an aromatic ring is 1. The molecule has 0 atom stereocenters. The van der Waals surface area contributed by atoms with Gasteiger partial charge in [0.15, 0.2) is 5.78 Å². The Labute approximate surface area is 153 Å². The predicted molar refractivity (Wildman–Crippen MR) is 98.5 cm³/mol. The van der Waals surface area contributed by atoms with Crippen LogP contribution in [0.4, 0.5) is 11.5 Å². The molecule has 1 aliphatic heterocycles. The van der Waals surface area contributed by atoms with Crippen LogP contribution in [0.3, 0.4) is 0 Å². The molecule has 0 radical (unpaired) electrons. The highest BCUT2D eigenvalue weighted by atomic mass is 16.5. The first-order chi connectivity index (χ1) is 12.7. The zero-order chi connectivity index (χ0) is 19.9. The van der Waals surface area contributed by atoms with Gasteiger partial charge in [0.2, 0.25) is 0 Å². The van der Waals surface area contributed by atoms with Gasteiger partial charge in [-0.1, -0.05) is 29.8 Å². The molecule has 1 aliphatic rings. The zero-order valence-corrected chi connectivity index (χ0v) is 15.0. The van der Waals surface area contributed by atoms with E-state index in [0.717, 1.165) is 14.7 Å². The van der Waals surface area contributed by atoms with E-state index in [-0.39, 0.29) is 29.4 Å². The molecule has 3 N–H and O–H groups in total. The Balaban J connectivity index is 2.09. The number of nitrogens with zero attached hydrogens (tertiary/aromatic N) is 2. The molecule has 0 saturated carbocycles. The summed E-state index contributed by atoms with van der Waals surface area (Å²) >= 11 is 0. The number of cyclic esters (lactones) is 1. The normalized spacial score (nSPS) is 13.7. The molecule has 1 aromatic carbocycles. The number of benzene rings is 1. The fraction of sp³-hybridized carbons (Fsp3) is 0.222. The Hall–Kier alpha value is -3.62.